The maximum atomic E-state index is 12.8. The van der Waals surface area contributed by atoms with Crippen LogP contribution in [0.25, 0.3) is 0 Å². The molecule has 0 radical (unpaired) electrons. The Labute approximate surface area is 143 Å². The minimum absolute atomic E-state index is 0. The summed E-state index contributed by atoms with van der Waals surface area (Å²) in [6.07, 6.45) is 2.62. The maximum Gasteiger partial charge on any atom is 0.251 e. The summed E-state index contributed by atoms with van der Waals surface area (Å²) in [5.74, 6) is -0.240. The zero-order valence-corrected chi connectivity index (χ0v) is 15.0. The summed E-state index contributed by atoms with van der Waals surface area (Å²) in [5, 5.41) is 2.51. The molecule has 2 rings (SSSR count). The molecule has 2 unspecified atom stereocenters. The number of nitrogens with two attached hydrogens (primary N) is 1. The Balaban J connectivity index is 0.00000264. The minimum Gasteiger partial charge on any atom is -0.355 e. The van der Waals surface area contributed by atoms with Gasteiger partial charge in [0.05, 0.1) is 4.90 Å². The second kappa shape index (κ2) is 8.10. The molecule has 3 N–H and O–H groups in total. The first-order valence-electron chi connectivity index (χ1n) is 7.47. The number of amides is 1. The highest BCUT2D eigenvalue weighted by Gasteiger charge is 2.35. The van der Waals surface area contributed by atoms with Crippen molar-refractivity contribution in [2.24, 2.45) is 5.73 Å². The summed E-state index contributed by atoms with van der Waals surface area (Å²) in [4.78, 5) is 11.7. The van der Waals surface area contributed by atoms with E-state index in [1.54, 1.807) is 0 Å². The molecule has 1 aliphatic rings. The van der Waals surface area contributed by atoms with Crippen LogP contribution in [0.5, 0.6) is 0 Å². The molecule has 1 aromatic rings. The molecular formula is C15H24ClN3O3S. The van der Waals surface area contributed by atoms with Crippen molar-refractivity contribution in [2.75, 3.05) is 13.6 Å². The number of nitrogens with zero attached hydrogens (tertiary/aromatic N) is 1. The molecule has 23 heavy (non-hydrogen) atoms. The van der Waals surface area contributed by atoms with Crippen LogP contribution in [0.1, 0.15) is 36.5 Å². The van der Waals surface area contributed by atoms with E-state index in [0.29, 0.717) is 12.1 Å². The van der Waals surface area contributed by atoms with Gasteiger partial charge in [-0.2, -0.15) is 4.31 Å². The quantitative estimate of drug-likeness (QED) is 0.846. The smallest absolute Gasteiger partial charge is 0.251 e. The van der Waals surface area contributed by atoms with E-state index in [1.807, 2.05) is 6.92 Å². The Morgan fingerprint density at radius 2 is 1.91 bits per heavy atom. The van der Waals surface area contributed by atoms with E-state index in [1.165, 1.54) is 35.6 Å². The predicted octanol–water partition coefficient (Wildman–Crippen LogP) is 1.36. The zero-order chi connectivity index (χ0) is 16.3. The van der Waals surface area contributed by atoms with E-state index in [9.17, 15) is 13.2 Å². The Morgan fingerprint density at radius 3 is 2.43 bits per heavy atom. The van der Waals surface area contributed by atoms with Crippen LogP contribution in [0.2, 0.25) is 0 Å². The largest absolute Gasteiger partial charge is 0.355 e. The van der Waals surface area contributed by atoms with Gasteiger partial charge in [-0.3, -0.25) is 4.79 Å². The van der Waals surface area contributed by atoms with Crippen molar-refractivity contribution in [2.45, 2.75) is 43.2 Å². The second-order valence-electron chi connectivity index (χ2n) is 5.64. The number of sulfonamides is 1. The van der Waals surface area contributed by atoms with Crippen molar-refractivity contribution in [3.05, 3.63) is 29.8 Å². The van der Waals surface area contributed by atoms with Gasteiger partial charge in [-0.15, -0.1) is 12.4 Å². The van der Waals surface area contributed by atoms with Crippen molar-refractivity contribution < 1.29 is 13.2 Å². The number of rotatable bonds is 4. The normalized spacial score (nSPS) is 20.4. The number of carbonyl (C=O) groups is 1. The summed E-state index contributed by atoms with van der Waals surface area (Å²) in [7, 11) is -2.05. The summed E-state index contributed by atoms with van der Waals surface area (Å²) < 4.78 is 27.2. The molecule has 8 heteroatoms. The highest BCUT2D eigenvalue weighted by molar-refractivity contribution is 7.89. The lowest BCUT2D eigenvalue weighted by molar-refractivity contribution is 0.0963. The Morgan fingerprint density at radius 1 is 1.30 bits per heavy atom. The predicted molar refractivity (Wildman–Crippen MR) is 92.3 cm³/mol. The van der Waals surface area contributed by atoms with E-state index in [0.717, 1.165) is 19.3 Å². The molecule has 1 aliphatic heterocycles. The van der Waals surface area contributed by atoms with Crippen LogP contribution in [0, 0.1) is 0 Å². The molecule has 0 saturated carbocycles. The molecule has 1 heterocycles. The van der Waals surface area contributed by atoms with Crippen LogP contribution >= 0.6 is 12.4 Å². The van der Waals surface area contributed by atoms with Gasteiger partial charge in [-0.1, -0.05) is 6.42 Å². The van der Waals surface area contributed by atoms with Gasteiger partial charge in [0.15, 0.2) is 0 Å². The summed E-state index contributed by atoms with van der Waals surface area (Å²) in [5.41, 5.74) is 6.39. The summed E-state index contributed by atoms with van der Waals surface area (Å²) in [6.45, 7) is 2.33. The molecule has 130 valence electrons. The first kappa shape index (κ1) is 19.9. The van der Waals surface area contributed by atoms with Crippen LogP contribution in [-0.4, -0.2) is 44.3 Å². The number of hydrogen-bond acceptors (Lipinski definition) is 4. The first-order chi connectivity index (χ1) is 10.4. The number of carbonyl (C=O) groups excluding carboxylic acids is 1. The maximum absolute atomic E-state index is 12.8. The third kappa shape index (κ3) is 4.23. The molecule has 1 fully saturated rings. The summed E-state index contributed by atoms with van der Waals surface area (Å²) >= 11 is 0. The second-order valence-corrected chi connectivity index (χ2v) is 7.53. The van der Waals surface area contributed by atoms with E-state index in [-0.39, 0.29) is 35.3 Å². The fourth-order valence-electron chi connectivity index (χ4n) is 2.81. The van der Waals surface area contributed by atoms with Gasteiger partial charge in [0.25, 0.3) is 5.91 Å². The molecule has 0 spiro atoms. The van der Waals surface area contributed by atoms with Crippen LogP contribution < -0.4 is 11.1 Å². The van der Waals surface area contributed by atoms with Crippen molar-refractivity contribution in [1.82, 2.24) is 9.62 Å². The fraction of sp³-hybridized carbons (Fsp3) is 0.533. The molecule has 0 aromatic heterocycles. The topological polar surface area (TPSA) is 92.5 Å². The zero-order valence-electron chi connectivity index (χ0n) is 13.4. The lowest BCUT2D eigenvalue weighted by Crippen LogP contribution is -2.51. The van der Waals surface area contributed by atoms with Crippen LogP contribution in [-0.2, 0) is 10.0 Å². The fourth-order valence-corrected chi connectivity index (χ4v) is 4.59. The van der Waals surface area contributed by atoms with Crippen molar-refractivity contribution in [1.29, 1.82) is 0 Å². The third-order valence-electron chi connectivity index (χ3n) is 4.06. The number of piperidine rings is 1. The van der Waals surface area contributed by atoms with Gasteiger partial charge in [0.1, 0.15) is 0 Å². The highest BCUT2D eigenvalue weighted by Crippen LogP contribution is 2.26. The monoisotopic (exact) mass is 361 g/mol. The Bertz CT molecular complexity index is 632. The first-order valence-corrected chi connectivity index (χ1v) is 8.91. The van der Waals surface area contributed by atoms with Gasteiger partial charge in [-0.25, -0.2) is 8.42 Å². The Hall–Kier alpha value is -1.15. The number of benzene rings is 1. The number of hydrogen-bond donors (Lipinski definition) is 2. The van der Waals surface area contributed by atoms with Gasteiger partial charge >= 0.3 is 0 Å². The molecule has 0 bridgehead atoms. The molecule has 1 aromatic carbocycles. The van der Waals surface area contributed by atoms with Crippen molar-refractivity contribution >= 4 is 28.3 Å². The van der Waals surface area contributed by atoms with Gasteiger partial charge in [-0.05, 0) is 44.0 Å². The molecule has 1 saturated heterocycles. The van der Waals surface area contributed by atoms with E-state index in [2.05, 4.69) is 5.32 Å². The molecule has 1 amide bonds. The third-order valence-corrected chi connectivity index (χ3v) is 5.99. The van der Waals surface area contributed by atoms with Crippen LogP contribution in [0.4, 0.5) is 0 Å². The van der Waals surface area contributed by atoms with Crippen LogP contribution in [0.3, 0.4) is 0 Å². The lowest BCUT2D eigenvalue weighted by Gasteiger charge is -2.36. The minimum atomic E-state index is -3.58. The number of halogens is 1. The summed E-state index contributed by atoms with van der Waals surface area (Å²) in [6, 6.07) is 5.63. The molecule has 2 atom stereocenters. The molecule has 6 nitrogen and oxygen atoms in total. The average Bonchev–Trinajstić information content (AvgIpc) is 2.54. The van der Waals surface area contributed by atoms with Gasteiger partial charge in [0, 0.05) is 31.2 Å². The van der Waals surface area contributed by atoms with Crippen molar-refractivity contribution in [3.8, 4) is 0 Å². The van der Waals surface area contributed by atoms with Gasteiger partial charge < -0.3 is 11.1 Å². The molecule has 0 aliphatic carbocycles. The molecular weight excluding hydrogens is 338 g/mol. The number of nitrogens with one attached hydrogen (secondary N) is 1. The van der Waals surface area contributed by atoms with Crippen LogP contribution in [0.15, 0.2) is 29.2 Å². The van der Waals surface area contributed by atoms with Gasteiger partial charge in [0.2, 0.25) is 10.0 Å². The van der Waals surface area contributed by atoms with E-state index < -0.39 is 10.0 Å². The standard InChI is InChI=1S/C15H23N3O3S.ClH/c1-11(16)14-5-3-4-10-18(14)22(20,21)13-8-6-12(7-9-13)15(19)17-2;/h6-9,11,14H,3-5,10,16H2,1-2H3,(H,17,19);1H. The SMILES string of the molecule is CNC(=O)c1ccc(S(=O)(=O)N2CCCCC2C(C)N)cc1.Cl. The van der Waals surface area contributed by atoms with Crippen molar-refractivity contribution in [3.63, 3.8) is 0 Å². The van der Waals surface area contributed by atoms with E-state index >= 15 is 0 Å². The van der Waals surface area contributed by atoms with E-state index in [4.69, 9.17) is 5.73 Å². The average molecular weight is 362 g/mol. The lowest BCUT2D eigenvalue weighted by atomic mass is 10.00. The Kier molecular flexibility index (Phi) is 7.01. The highest BCUT2D eigenvalue weighted by atomic mass is 35.5.